The number of nitro benzene ring substituents is 1. The van der Waals surface area contributed by atoms with E-state index >= 15 is 0 Å². The molecule has 1 amide bonds. The lowest BCUT2D eigenvalue weighted by Gasteiger charge is -2.15. The van der Waals surface area contributed by atoms with E-state index in [4.69, 9.17) is 11.6 Å². The van der Waals surface area contributed by atoms with Gasteiger partial charge in [0.1, 0.15) is 5.02 Å². The third-order valence-corrected chi connectivity index (χ3v) is 3.75. The van der Waals surface area contributed by atoms with Crippen LogP contribution in [0.15, 0.2) is 18.2 Å². The number of carbonyl (C=O) groups excluding carboxylic acids is 1. The number of nitro groups is 1. The van der Waals surface area contributed by atoms with Gasteiger partial charge in [-0.15, -0.1) is 0 Å². The first-order valence-electron chi connectivity index (χ1n) is 4.90. The molecular formula is C10H8BrClN2O3. The molecule has 1 saturated heterocycles. The molecule has 0 saturated carbocycles. The third kappa shape index (κ3) is 2.28. The predicted molar refractivity (Wildman–Crippen MR) is 67.8 cm³/mol. The maximum atomic E-state index is 11.7. The lowest BCUT2D eigenvalue weighted by Crippen LogP contribution is -2.27. The standard InChI is InChI=1S/C10H8BrClN2O3/c11-7-3-4-13(10(7)15)6-1-2-8(12)9(5-6)14(16)17/h1-2,5,7H,3-4H2. The number of benzene rings is 1. The number of alkyl halides is 1. The van der Waals surface area contributed by atoms with Crippen molar-refractivity contribution in [3.05, 3.63) is 33.3 Å². The first-order valence-corrected chi connectivity index (χ1v) is 6.19. The van der Waals surface area contributed by atoms with Crippen LogP contribution in [0, 0.1) is 10.1 Å². The molecular weight excluding hydrogens is 311 g/mol. The van der Waals surface area contributed by atoms with E-state index in [1.165, 1.54) is 17.0 Å². The van der Waals surface area contributed by atoms with Crippen molar-refractivity contribution in [2.24, 2.45) is 0 Å². The molecule has 2 rings (SSSR count). The molecule has 7 heteroatoms. The Bertz CT molecular complexity index is 494. The monoisotopic (exact) mass is 318 g/mol. The molecule has 0 aromatic heterocycles. The molecule has 1 atom stereocenters. The number of halogens is 2. The third-order valence-electron chi connectivity index (χ3n) is 2.58. The molecule has 1 aliphatic heterocycles. The Kier molecular flexibility index (Phi) is 3.35. The number of amides is 1. The van der Waals surface area contributed by atoms with Crippen LogP contribution in [0.25, 0.3) is 0 Å². The van der Waals surface area contributed by atoms with E-state index in [1.807, 2.05) is 0 Å². The van der Waals surface area contributed by atoms with Crippen LogP contribution in [0.4, 0.5) is 11.4 Å². The smallest absolute Gasteiger partial charge is 0.289 e. The number of anilines is 1. The van der Waals surface area contributed by atoms with Gasteiger partial charge in [0.2, 0.25) is 5.91 Å². The number of hydrogen-bond donors (Lipinski definition) is 0. The zero-order valence-electron chi connectivity index (χ0n) is 8.60. The van der Waals surface area contributed by atoms with E-state index in [0.29, 0.717) is 18.7 Å². The quantitative estimate of drug-likeness (QED) is 0.478. The van der Waals surface area contributed by atoms with E-state index in [9.17, 15) is 14.9 Å². The normalized spacial score (nSPS) is 19.8. The van der Waals surface area contributed by atoms with Crippen LogP contribution in [0.3, 0.4) is 0 Å². The molecule has 0 aliphatic carbocycles. The van der Waals surface area contributed by atoms with Crippen LogP contribution >= 0.6 is 27.5 Å². The first kappa shape index (κ1) is 12.3. The zero-order valence-corrected chi connectivity index (χ0v) is 10.9. The summed E-state index contributed by atoms with van der Waals surface area (Å²) in [7, 11) is 0. The van der Waals surface area contributed by atoms with Crippen LogP contribution < -0.4 is 4.90 Å². The van der Waals surface area contributed by atoms with Gasteiger partial charge in [-0.05, 0) is 18.6 Å². The van der Waals surface area contributed by atoms with Gasteiger partial charge in [-0.25, -0.2) is 0 Å². The van der Waals surface area contributed by atoms with Crippen molar-refractivity contribution in [2.45, 2.75) is 11.2 Å². The van der Waals surface area contributed by atoms with Crippen molar-refractivity contribution in [1.29, 1.82) is 0 Å². The van der Waals surface area contributed by atoms with Crippen LogP contribution in [-0.4, -0.2) is 22.2 Å². The van der Waals surface area contributed by atoms with Gasteiger partial charge >= 0.3 is 0 Å². The van der Waals surface area contributed by atoms with Gasteiger partial charge in [0, 0.05) is 12.6 Å². The molecule has 0 bridgehead atoms. The number of rotatable bonds is 2. The largest absolute Gasteiger partial charge is 0.311 e. The molecule has 1 aromatic carbocycles. The van der Waals surface area contributed by atoms with Gasteiger partial charge in [0.15, 0.2) is 0 Å². The Labute approximate surface area is 111 Å². The number of hydrogen-bond acceptors (Lipinski definition) is 3. The maximum absolute atomic E-state index is 11.7. The predicted octanol–water partition coefficient (Wildman–Crippen LogP) is 2.75. The molecule has 90 valence electrons. The molecule has 1 fully saturated rings. The van der Waals surface area contributed by atoms with Gasteiger partial charge in [-0.3, -0.25) is 14.9 Å². The van der Waals surface area contributed by atoms with Crippen LogP contribution in [0.2, 0.25) is 5.02 Å². The molecule has 1 unspecified atom stereocenters. The van der Waals surface area contributed by atoms with E-state index < -0.39 is 4.92 Å². The summed E-state index contributed by atoms with van der Waals surface area (Å²) in [6.45, 7) is 0.549. The summed E-state index contributed by atoms with van der Waals surface area (Å²) in [5.74, 6) is -0.0818. The van der Waals surface area contributed by atoms with E-state index in [2.05, 4.69) is 15.9 Å². The summed E-state index contributed by atoms with van der Waals surface area (Å²) in [6, 6.07) is 4.37. The fourth-order valence-electron chi connectivity index (χ4n) is 1.71. The lowest BCUT2D eigenvalue weighted by molar-refractivity contribution is -0.384. The van der Waals surface area contributed by atoms with Gasteiger partial charge in [0.25, 0.3) is 5.69 Å². The van der Waals surface area contributed by atoms with Crippen molar-refractivity contribution >= 4 is 44.8 Å². The molecule has 0 spiro atoms. The zero-order chi connectivity index (χ0) is 12.6. The molecule has 0 radical (unpaired) electrons. The van der Waals surface area contributed by atoms with Gasteiger partial charge < -0.3 is 4.90 Å². The molecule has 17 heavy (non-hydrogen) atoms. The highest BCUT2D eigenvalue weighted by atomic mass is 79.9. The van der Waals surface area contributed by atoms with E-state index in [0.717, 1.165) is 0 Å². The highest BCUT2D eigenvalue weighted by molar-refractivity contribution is 9.10. The fourth-order valence-corrected chi connectivity index (χ4v) is 2.35. The number of nitrogens with zero attached hydrogens (tertiary/aromatic N) is 2. The van der Waals surface area contributed by atoms with Crippen LogP contribution in [-0.2, 0) is 4.79 Å². The summed E-state index contributed by atoms with van der Waals surface area (Å²) >= 11 is 8.96. The van der Waals surface area contributed by atoms with E-state index in [1.54, 1.807) is 6.07 Å². The SMILES string of the molecule is O=C1C(Br)CCN1c1ccc(Cl)c([N+](=O)[O-])c1. The highest BCUT2D eigenvalue weighted by Crippen LogP contribution is 2.32. The summed E-state index contributed by atoms with van der Waals surface area (Å²) in [5.41, 5.74) is 0.322. The first-order chi connectivity index (χ1) is 8.00. The van der Waals surface area contributed by atoms with Gasteiger partial charge in [0.05, 0.1) is 15.4 Å². The average molecular weight is 320 g/mol. The second kappa shape index (κ2) is 4.62. The minimum atomic E-state index is -0.558. The summed E-state index contributed by atoms with van der Waals surface area (Å²) < 4.78 is 0. The Balaban J connectivity index is 2.37. The van der Waals surface area contributed by atoms with E-state index in [-0.39, 0.29) is 21.4 Å². The van der Waals surface area contributed by atoms with Gasteiger partial charge in [-0.2, -0.15) is 0 Å². The molecule has 1 aromatic rings. The minimum Gasteiger partial charge on any atom is -0.311 e. The minimum absolute atomic E-state index is 0.0702. The van der Waals surface area contributed by atoms with Crippen LogP contribution in [0.1, 0.15) is 6.42 Å². The summed E-state index contributed by atoms with van der Waals surface area (Å²) in [6.07, 6.45) is 0.690. The number of carbonyl (C=O) groups is 1. The fraction of sp³-hybridized carbons (Fsp3) is 0.300. The Morgan fingerprint density at radius 3 is 2.76 bits per heavy atom. The van der Waals surface area contributed by atoms with Crippen molar-refractivity contribution in [3.8, 4) is 0 Å². The summed E-state index contributed by atoms with van der Waals surface area (Å²) in [5, 5.41) is 10.8. The Morgan fingerprint density at radius 1 is 1.53 bits per heavy atom. The Hall–Kier alpha value is -1.14. The Morgan fingerprint density at radius 2 is 2.24 bits per heavy atom. The van der Waals surface area contributed by atoms with Gasteiger partial charge in [-0.1, -0.05) is 27.5 Å². The molecule has 0 N–H and O–H groups in total. The molecule has 1 heterocycles. The van der Waals surface area contributed by atoms with Crippen molar-refractivity contribution in [3.63, 3.8) is 0 Å². The highest BCUT2D eigenvalue weighted by Gasteiger charge is 2.31. The van der Waals surface area contributed by atoms with Crippen molar-refractivity contribution in [2.75, 3.05) is 11.4 Å². The van der Waals surface area contributed by atoms with Crippen LogP contribution in [0.5, 0.6) is 0 Å². The lowest BCUT2D eigenvalue weighted by atomic mass is 10.2. The topological polar surface area (TPSA) is 63.5 Å². The second-order valence-electron chi connectivity index (χ2n) is 3.64. The second-order valence-corrected chi connectivity index (χ2v) is 5.15. The molecule has 5 nitrogen and oxygen atoms in total. The summed E-state index contributed by atoms with van der Waals surface area (Å²) in [4.78, 5) is 23.2. The molecule has 1 aliphatic rings. The maximum Gasteiger partial charge on any atom is 0.289 e. The van der Waals surface area contributed by atoms with Crippen molar-refractivity contribution in [1.82, 2.24) is 0 Å². The van der Waals surface area contributed by atoms with Crippen molar-refractivity contribution < 1.29 is 9.72 Å². The average Bonchev–Trinajstić information content (AvgIpc) is 2.60.